The third-order valence-corrected chi connectivity index (χ3v) is 3.40. The fourth-order valence-corrected chi connectivity index (χ4v) is 2.19. The Kier molecular flexibility index (Phi) is 6.01. The smallest absolute Gasteiger partial charge is 0.166 e. The van der Waals surface area contributed by atoms with Crippen molar-refractivity contribution in [3.63, 3.8) is 0 Å². The van der Waals surface area contributed by atoms with Gasteiger partial charge < -0.3 is 20.3 Å². The molecule has 0 aromatic carbocycles. The number of piperidine rings is 1. The molecule has 94 valence electrons. The van der Waals surface area contributed by atoms with E-state index in [1.165, 1.54) is 0 Å². The summed E-state index contributed by atoms with van der Waals surface area (Å²) in [6.07, 6.45) is 2.32. The van der Waals surface area contributed by atoms with Crippen LogP contribution in [0.5, 0.6) is 0 Å². The molecule has 0 aromatic heterocycles. The highest BCUT2D eigenvalue weighted by Gasteiger charge is 2.22. The van der Waals surface area contributed by atoms with E-state index in [4.69, 9.17) is 17.0 Å². The summed E-state index contributed by atoms with van der Waals surface area (Å²) in [7, 11) is 3.87. The molecule has 1 saturated heterocycles. The van der Waals surface area contributed by atoms with Crippen LogP contribution in [0.15, 0.2) is 0 Å². The highest BCUT2D eigenvalue weighted by Crippen LogP contribution is 2.14. The molecule has 0 aliphatic carbocycles. The topological polar surface area (TPSA) is 36.5 Å². The molecule has 1 fully saturated rings. The summed E-state index contributed by atoms with van der Waals surface area (Å²) in [5, 5.41) is 7.25. The van der Waals surface area contributed by atoms with Crippen LogP contribution in [0.3, 0.4) is 0 Å². The molecular weight excluding hydrogens is 222 g/mol. The van der Waals surface area contributed by atoms with E-state index in [1.54, 1.807) is 7.11 Å². The minimum Gasteiger partial charge on any atom is -0.383 e. The molecule has 1 heterocycles. The number of rotatable bonds is 4. The SMILES string of the molecule is COCCNC(=S)NC1CCN(C)C(C)C1. The summed E-state index contributed by atoms with van der Waals surface area (Å²) < 4.78 is 4.96. The predicted octanol–water partition coefficient (Wildman–Crippen LogP) is 0.580. The third-order valence-electron chi connectivity index (χ3n) is 3.14. The van der Waals surface area contributed by atoms with E-state index in [9.17, 15) is 0 Å². The van der Waals surface area contributed by atoms with Crippen molar-refractivity contribution in [3.05, 3.63) is 0 Å². The van der Waals surface area contributed by atoms with Gasteiger partial charge in [0.05, 0.1) is 6.61 Å². The van der Waals surface area contributed by atoms with E-state index in [1.807, 2.05) is 0 Å². The zero-order valence-corrected chi connectivity index (χ0v) is 11.3. The number of hydrogen-bond donors (Lipinski definition) is 2. The second kappa shape index (κ2) is 7.04. The second-order valence-corrected chi connectivity index (χ2v) is 4.85. The van der Waals surface area contributed by atoms with Crippen molar-refractivity contribution in [2.75, 3.05) is 33.9 Å². The Morgan fingerprint density at radius 3 is 2.94 bits per heavy atom. The minimum atomic E-state index is 0.508. The van der Waals surface area contributed by atoms with Gasteiger partial charge in [-0.05, 0) is 39.0 Å². The van der Waals surface area contributed by atoms with Gasteiger partial charge in [0.25, 0.3) is 0 Å². The van der Waals surface area contributed by atoms with Crippen molar-refractivity contribution < 1.29 is 4.74 Å². The van der Waals surface area contributed by atoms with E-state index >= 15 is 0 Å². The number of methoxy groups -OCH3 is 1. The normalized spacial score (nSPS) is 26.4. The van der Waals surface area contributed by atoms with Crippen LogP contribution in [-0.2, 0) is 4.74 Å². The first-order chi connectivity index (χ1) is 7.63. The van der Waals surface area contributed by atoms with Crippen LogP contribution in [0.2, 0.25) is 0 Å². The summed E-state index contributed by atoms with van der Waals surface area (Å²) in [6.45, 7) is 4.85. The maximum absolute atomic E-state index is 5.22. The van der Waals surface area contributed by atoms with E-state index in [-0.39, 0.29) is 0 Å². The lowest BCUT2D eigenvalue weighted by atomic mass is 9.99. The predicted molar refractivity (Wildman–Crippen MR) is 70.7 cm³/mol. The van der Waals surface area contributed by atoms with Crippen LogP contribution in [0.1, 0.15) is 19.8 Å². The lowest BCUT2D eigenvalue weighted by Gasteiger charge is -2.35. The highest BCUT2D eigenvalue weighted by atomic mass is 32.1. The van der Waals surface area contributed by atoms with Crippen LogP contribution in [0, 0.1) is 0 Å². The molecule has 2 atom stereocenters. The number of thiocarbonyl (C=S) groups is 1. The van der Waals surface area contributed by atoms with Gasteiger partial charge in [0.2, 0.25) is 0 Å². The van der Waals surface area contributed by atoms with Gasteiger partial charge in [0.1, 0.15) is 0 Å². The van der Waals surface area contributed by atoms with Gasteiger partial charge >= 0.3 is 0 Å². The number of likely N-dealkylation sites (tertiary alicyclic amines) is 1. The third kappa shape index (κ3) is 4.63. The van der Waals surface area contributed by atoms with Crippen molar-refractivity contribution in [1.29, 1.82) is 0 Å². The largest absolute Gasteiger partial charge is 0.383 e. The molecule has 1 rings (SSSR count). The van der Waals surface area contributed by atoms with Gasteiger partial charge in [-0.1, -0.05) is 0 Å². The zero-order valence-electron chi connectivity index (χ0n) is 10.5. The summed E-state index contributed by atoms with van der Waals surface area (Å²) >= 11 is 5.22. The average molecular weight is 245 g/mol. The summed E-state index contributed by atoms with van der Waals surface area (Å²) in [5.41, 5.74) is 0. The van der Waals surface area contributed by atoms with Crippen LogP contribution in [0.25, 0.3) is 0 Å². The average Bonchev–Trinajstić information content (AvgIpc) is 2.24. The Balaban J connectivity index is 2.19. The molecular formula is C11H23N3OS. The molecule has 1 aliphatic rings. The second-order valence-electron chi connectivity index (χ2n) is 4.44. The Morgan fingerprint density at radius 2 is 2.31 bits per heavy atom. The van der Waals surface area contributed by atoms with Gasteiger partial charge in [0.15, 0.2) is 5.11 Å². The van der Waals surface area contributed by atoms with Crippen LogP contribution in [0.4, 0.5) is 0 Å². The molecule has 16 heavy (non-hydrogen) atoms. The molecule has 2 unspecified atom stereocenters. The molecule has 0 radical (unpaired) electrons. The lowest BCUT2D eigenvalue weighted by molar-refractivity contribution is 0.176. The molecule has 0 aromatic rings. The minimum absolute atomic E-state index is 0.508. The van der Waals surface area contributed by atoms with Gasteiger partial charge in [-0.3, -0.25) is 0 Å². The lowest BCUT2D eigenvalue weighted by Crippen LogP contribution is -2.50. The van der Waals surface area contributed by atoms with Crippen molar-refractivity contribution >= 4 is 17.3 Å². The molecule has 0 amide bonds. The Hall–Kier alpha value is -0.390. The summed E-state index contributed by atoms with van der Waals surface area (Å²) in [5.74, 6) is 0. The van der Waals surface area contributed by atoms with E-state index in [2.05, 4.69) is 29.5 Å². The van der Waals surface area contributed by atoms with Gasteiger partial charge in [0, 0.05) is 32.3 Å². The first-order valence-electron chi connectivity index (χ1n) is 5.87. The van der Waals surface area contributed by atoms with Crippen molar-refractivity contribution in [2.45, 2.75) is 31.8 Å². The quantitative estimate of drug-likeness (QED) is 0.560. The Bertz CT molecular complexity index is 225. The monoisotopic (exact) mass is 245 g/mol. The number of nitrogens with one attached hydrogen (secondary N) is 2. The molecule has 0 bridgehead atoms. The molecule has 5 heteroatoms. The van der Waals surface area contributed by atoms with Gasteiger partial charge in [-0.25, -0.2) is 0 Å². The number of ether oxygens (including phenoxy) is 1. The molecule has 0 saturated carbocycles. The standard InChI is InChI=1S/C11H23N3OS/c1-9-8-10(4-6-14(9)2)13-11(16)12-5-7-15-3/h9-10H,4-8H2,1-3H3,(H2,12,13,16). The summed E-state index contributed by atoms with van der Waals surface area (Å²) in [6, 6.07) is 1.14. The van der Waals surface area contributed by atoms with Gasteiger partial charge in [-0.15, -0.1) is 0 Å². The first kappa shape index (κ1) is 13.7. The Morgan fingerprint density at radius 1 is 1.56 bits per heavy atom. The number of hydrogen-bond acceptors (Lipinski definition) is 3. The molecule has 0 spiro atoms. The molecule has 2 N–H and O–H groups in total. The van der Waals surface area contributed by atoms with Gasteiger partial charge in [-0.2, -0.15) is 0 Å². The highest BCUT2D eigenvalue weighted by molar-refractivity contribution is 7.80. The fraction of sp³-hybridized carbons (Fsp3) is 0.909. The summed E-state index contributed by atoms with van der Waals surface area (Å²) in [4.78, 5) is 2.39. The van der Waals surface area contributed by atoms with Crippen LogP contribution >= 0.6 is 12.2 Å². The molecule has 1 aliphatic heterocycles. The van der Waals surface area contributed by atoms with E-state index in [0.29, 0.717) is 18.7 Å². The molecule has 4 nitrogen and oxygen atoms in total. The fourth-order valence-electron chi connectivity index (χ4n) is 1.92. The van der Waals surface area contributed by atoms with Crippen LogP contribution < -0.4 is 10.6 Å². The zero-order chi connectivity index (χ0) is 12.0. The van der Waals surface area contributed by atoms with E-state index in [0.717, 1.165) is 31.0 Å². The Labute approximate surface area is 104 Å². The maximum Gasteiger partial charge on any atom is 0.166 e. The number of nitrogens with zero attached hydrogens (tertiary/aromatic N) is 1. The van der Waals surface area contributed by atoms with Crippen molar-refractivity contribution in [1.82, 2.24) is 15.5 Å². The van der Waals surface area contributed by atoms with E-state index < -0.39 is 0 Å². The maximum atomic E-state index is 5.22. The first-order valence-corrected chi connectivity index (χ1v) is 6.28. The van der Waals surface area contributed by atoms with Crippen molar-refractivity contribution in [2.24, 2.45) is 0 Å². The van der Waals surface area contributed by atoms with Crippen LogP contribution in [-0.4, -0.2) is 55.9 Å². The van der Waals surface area contributed by atoms with Crippen molar-refractivity contribution in [3.8, 4) is 0 Å².